The largest absolute Gasteiger partial charge is 0.309 e. The molecule has 17 heavy (non-hydrogen) atoms. The summed E-state index contributed by atoms with van der Waals surface area (Å²) >= 11 is 0. The van der Waals surface area contributed by atoms with Gasteiger partial charge < -0.3 is 5.32 Å². The van der Waals surface area contributed by atoms with Gasteiger partial charge in [-0.05, 0) is 23.6 Å². The molecule has 0 fully saturated rings. The molecule has 0 aromatic heterocycles. The minimum atomic E-state index is 0.302. The van der Waals surface area contributed by atoms with Crippen LogP contribution in [-0.4, -0.2) is 5.78 Å². The van der Waals surface area contributed by atoms with Gasteiger partial charge in [0, 0.05) is 25.1 Å². The quantitative estimate of drug-likeness (QED) is 0.600. The number of Topliss-reactive ketones (excluding diaryl/α,β-unsaturated/α-hetero) is 1. The number of hydrogen-bond acceptors (Lipinski definition) is 2. The van der Waals surface area contributed by atoms with Crippen LogP contribution in [0.3, 0.4) is 0 Å². The Morgan fingerprint density at radius 1 is 1.18 bits per heavy atom. The number of hydrogen-bond donors (Lipinski definition) is 1. The molecule has 1 aliphatic heterocycles. The molecule has 0 saturated heterocycles. The molecular formula is C15H21NO. The topological polar surface area (TPSA) is 29.1 Å². The van der Waals surface area contributed by atoms with Gasteiger partial charge in [0.25, 0.3) is 0 Å². The minimum Gasteiger partial charge on any atom is -0.309 e. The minimum absolute atomic E-state index is 0.302. The lowest BCUT2D eigenvalue weighted by Crippen LogP contribution is -2.01. The van der Waals surface area contributed by atoms with Crippen LogP contribution in [0.5, 0.6) is 0 Å². The van der Waals surface area contributed by atoms with E-state index in [1.165, 1.54) is 30.4 Å². The van der Waals surface area contributed by atoms with Crippen molar-refractivity contribution in [1.82, 2.24) is 5.32 Å². The molecule has 1 aromatic rings. The van der Waals surface area contributed by atoms with Crippen molar-refractivity contribution in [2.75, 3.05) is 0 Å². The summed E-state index contributed by atoms with van der Waals surface area (Å²) in [6, 6.07) is 6.14. The predicted octanol–water partition coefficient (Wildman–Crippen LogP) is 3.44. The number of carbonyl (C=O) groups excluding carboxylic acids is 1. The Morgan fingerprint density at radius 2 is 2.00 bits per heavy atom. The third-order valence-corrected chi connectivity index (χ3v) is 3.42. The average Bonchev–Trinajstić information content (AvgIpc) is 2.81. The third-order valence-electron chi connectivity index (χ3n) is 3.42. The van der Waals surface area contributed by atoms with Crippen LogP contribution in [0.1, 0.15) is 60.5 Å². The maximum Gasteiger partial charge on any atom is 0.162 e. The first kappa shape index (κ1) is 12.3. The molecule has 0 radical (unpaired) electrons. The molecule has 0 aliphatic carbocycles. The van der Waals surface area contributed by atoms with Gasteiger partial charge in [-0.1, -0.05) is 38.3 Å². The van der Waals surface area contributed by atoms with Gasteiger partial charge in [-0.2, -0.15) is 0 Å². The van der Waals surface area contributed by atoms with E-state index < -0.39 is 0 Å². The molecule has 1 N–H and O–H groups in total. The lowest BCUT2D eigenvalue weighted by Gasteiger charge is -2.04. The molecule has 2 rings (SSSR count). The number of benzene rings is 1. The van der Waals surface area contributed by atoms with Gasteiger partial charge in [0.05, 0.1) is 0 Å². The lowest BCUT2D eigenvalue weighted by molar-refractivity contribution is 0.0979. The summed E-state index contributed by atoms with van der Waals surface area (Å²) in [4.78, 5) is 12.0. The standard InChI is InChI=1S/C15H21NO/c1-2-3-4-5-6-15(17)12-7-8-13-10-16-11-14(13)9-12/h7-9,16H,2-6,10-11H2,1H3. The van der Waals surface area contributed by atoms with E-state index in [2.05, 4.69) is 24.4 Å². The van der Waals surface area contributed by atoms with Gasteiger partial charge in [-0.3, -0.25) is 4.79 Å². The molecule has 2 nitrogen and oxygen atoms in total. The zero-order chi connectivity index (χ0) is 12.1. The molecule has 92 valence electrons. The number of carbonyl (C=O) groups is 1. The van der Waals surface area contributed by atoms with Crippen LogP contribution < -0.4 is 5.32 Å². The summed E-state index contributed by atoms with van der Waals surface area (Å²) in [7, 11) is 0. The predicted molar refractivity (Wildman–Crippen MR) is 70.1 cm³/mol. The molecule has 1 heterocycles. The number of ketones is 1. The summed E-state index contributed by atoms with van der Waals surface area (Å²) in [5.74, 6) is 0.302. The highest BCUT2D eigenvalue weighted by Gasteiger charge is 2.12. The van der Waals surface area contributed by atoms with Crippen LogP contribution in [0, 0.1) is 0 Å². The molecule has 1 aromatic carbocycles. The number of unbranched alkanes of at least 4 members (excludes halogenated alkanes) is 3. The van der Waals surface area contributed by atoms with Crippen LogP contribution in [-0.2, 0) is 13.1 Å². The van der Waals surface area contributed by atoms with Crippen molar-refractivity contribution in [2.45, 2.75) is 52.1 Å². The van der Waals surface area contributed by atoms with E-state index in [4.69, 9.17) is 0 Å². The lowest BCUT2D eigenvalue weighted by atomic mass is 10.0. The van der Waals surface area contributed by atoms with Gasteiger partial charge >= 0.3 is 0 Å². The smallest absolute Gasteiger partial charge is 0.162 e. The van der Waals surface area contributed by atoms with Crippen LogP contribution >= 0.6 is 0 Å². The van der Waals surface area contributed by atoms with Crippen molar-refractivity contribution in [2.24, 2.45) is 0 Å². The summed E-state index contributed by atoms with van der Waals surface area (Å²) in [5.41, 5.74) is 3.53. The Hall–Kier alpha value is -1.15. The van der Waals surface area contributed by atoms with Crippen LogP contribution in [0.15, 0.2) is 18.2 Å². The second-order valence-electron chi connectivity index (χ2n) is 4.82. The first-order valence-corrected chi connectivity index (χ1v) is 6.67. The second-order valence-corrected chi connectivity index (χ2v) is 4.82. The Bertz CT molecular complexity index is 398. The van der Waals surface area contributed by atoms with Crippen molar-refractivity contribution in [3.05, 3.63) is 34.9 Å². The first-order valence-electron chi connectivity index (χ1n) is 6.67. The molecule has 0 amide bonds. The summed E-state index contributed by atoms with van der Waals surface area (Å²) < 4.78 is 0. The van der Waals surface area contributed by atoms with Crippen molar-refractivity contribution < 1.29 is 4.79 Å². The molecule has 1 aliphatic rings. The van der Waals surface area contributed by atoms with Gasteiger partial charge in [0.1, 0.15) is 0 Å². The fraction of sp³-hybridized carbons (Fsp3) is 0.533. The highest BCUT2D eigenvalue weighted by atomic mass is 16.1. The van der Waals surface area contributed by atoms with Crippen molar-refractivity contribution >= 4 is 5.78 Å². The molecule has 0 unspecified atom stereocenters. The maximum absolute atomic E-state index is 12.0. The molecular weight excluding hydrogens is 210 g/mol. The number of rotatable bonds is 6. The highest BCUT2D eigenvalue weighted by molar-refractivity contribution is 5.96. The maximum atomic E-state index is 12.0. The Kier molecular flexibility index (Phi) is 4.32. The van der Waals surface area contributed by atoms with E-state index in [1.54, 1.807) is 0 Å². The Labute approximate surface area is 103 Å². The van der Waals surface area contributed by atoms with Crippen molar-refractivity contribution in [1.29, 1.82) is 0 Å². The molecule has 2 heteroatoms. The van der Waals surface area contributed by atoms with Crippen molar-refractivity contribution in [3.63, 3.8) is 0 Å². The fourth-order valence-corrected chi connectivity index (χ4v) is 2.32. The number of nitrogens with one attached hydrogen (secondary N) is 1. The second kappa shape index (κ2) is 5.97. The number of fused-ring (bicyclic) bond motifs is 1. The average molecular weight is 231 g/mol. The molecule has 0 bridgehead atoms. The summed E-state index contributed by atoms with van der Waals surface area (Å²) in [6.45, 7) is 4.04. The van der Waals surface area contributed by atoms with E-state index in [9.17, 15) is 4.79 Å². The first-order chi connectivity index (χ1) is 8.31. The monoisotopic (exact) mass is 231 g/mol. The van der Waals surface area contributed by atoms with Gasteiger partial charge in [-0.25, -0.2) is 0 Å². The highest BCUT2D eigenvalue weighted by Crippen LogP contribution is 2.18. The van der Waals surface area contributed by atoms with Crippen LogP contribution in [0.25, 0.3) is 0 Å². The normalized spacial score (nSPS) is 13.7. The summed E-state index contributed by atoms with van der Waals surface area (Å²) in [6.07, 6.45) is 5.36. The van der Waals surface area contributed by atoms with Gasteiger partial charge in [0.2, 0.25) is 0 Å². The Morgan fingerprint density at radius 3 is 2.82 bits per heavy atom. The molecule has 0 spiro atoms. The van der Waals surface area contributed by atoms with Crippen molar-refractivity contribution in [3.8, 4) is 0 Å². The Balaban J connectivity index is 1.91. The zero-order valence-corrected chi connectivity index (χ0v) is 10.6. The van der Waals surface area contributed by atoms with Crippen LogP contribution in [0.4, 0.5) is 0 Å². The zero-order valence-electron chi connectivity index (χ0n) is 10.6. The third kappa shape index (κ3) is 3.16. The van der Waals surface area contributed by atoms with E-state index in [1.807, 2.05) is 6.07 Å². The van der Waals surface area contributed by atoms with Crippen LogP contribution in [0.2, 0.25) is 0 Å². The SMILES string of the molecule is CCCCCCC(=O)c1ccc2c(c1)CNC2. The van der Waals surface area contributed by atoms with E-state index in [0.29, 0.717) is 12.2 Å². The molecule has 0 atom stereocenters. The van der Waals surface area contributed by atoms with E-state index >= 15 is 0 Å². The summed E-state index contributed by atoms with van der Waals surface area (Å²) in [5, 5.41) is 3.30. The fourth-order valence-electron chi connectivity index (χ4n) is 2.32. The molecule has 0 saturated carbocycles. The van der Waals surface area contributed by atoms with Gasteiger partial charge in [-0.15, -0.1) is 0 Å². The van der Waals surface area contributed by atoms with E-state index in [0.717, 1.165) is 25.1 Å². The van der Waals surface area contributed by atoms with Gasteiger partial charge in [0.15, 0.2) is 5.78 Å². The van der Waals surface area contributed by atoms with E-state index in [-0.39, 0.29) is 0 Å².